The molecule has 3 rings (SSSR count). The van der Waals surface area contributed by atoms with E-state index in [1.807, 2.05) is 6.08 Å². The molecule has 0 aromatic heterocycles. The lowest BCUT2D eigenvalue weighted by molar-refractivity contribution is -0.379. The Labute approximate surface area is 433 Å². The van der Waals surface area contributed by atoms with Crippen molar-refractivity contribution in [3.63, 3.8) is 0 Å². The first-order valence-corrected chi connectivity index (χ1v) is 27.4. The first-order chi connectivity index (χ1) is 35.3. The number of aliphatic hydroxyl groups excluding tert-OH is 11. The lowest BCUT2D eigenvalue weighted by atomic mass is 9.96. The van der Waals surface area contributed by atoms with Gasteiger partial charge in [-0.1, -0.05) is 127 Å². The van der Waals surface area contributed by atoms with Crippen LogP contribution in [0, 0.1) is 0 Å². The van der Waals surface area contributed by atoms with E-state index in [1.54, 1.807) is 6.08 Å². The maximum atomic E-state index is 13.2. The second-order valence-electron chi connectivity index (χ2n) is 19.7. The molecule has 0 spiro atoms. The number of amides is 1. The molecule has 1 amide bonds. The van der Waals surface area contributed by atoms with Crippen LogP contribution in [0.1, 0.15) is 155 Å². The zero-order valence-corrected chi connectivity index (χ0v) is 43.6. The zero-order chi connectivity index (χ0) is 53.4. The summed E-state index contributed by atoms with van der Waals surface area (Å²) in [6.45, 7) is 1.61. The predicted octanol–water partition coefficient (Wildman–Crippen LogP) is 3.14. The van der Waals surface area contributed by atoms with Crippen LogP contribution < -0.4 is 5.32 Å². The normalized spacial score (nSPS) is 32.1. The highest BCUT2D eigenvalue weighted by Crippen LogP contribution is 2.33. The number of rotatable bonds is 38. The fraction of sp³-hybridized carbons (Fsp3) is 0.833. The van der Waals surface area contributed by atoms with E-state index in [4.69, 9.17) is 28.4 Å². The number of hydrogen-bond donors (Lipinski definition) is 12. The molecule has 3 heterocycles. The van der Waals surface area contributed by atoms with Gasteiger partial charge >= 0.3 is 0 Å². The number of carbonyl (C=O) groups is 1. The Morgan fingerprint density at radius 1 is 0.479 bits per heavy atom. The molecule has 73 heavy (non-hydrogen) atoms. The highest BCUT2D eigenvalue weighted by atomic mass is 16.8. The molecule has 0 aliphatic carbocycles. The molecule has 3 fully saturated rings. The lowest BCUT2D eigenvalue weighted by Crippen LogP contribution is -2.66. The summed E-state index contributed by atoms with van der Waals surface area (Å²) in [6.07, 6.45) is 12.5. The van der Waals surface area contributed by atoms with Crippen molar-refractivity contribution < 1.29 is 89.4 Å². The third-order valence-electron chi connectivity index (χ3n) is 13.6. The van der Waals surface area contributed by atoms with Crippen molar-refractivity contribution in [2.24, 2.45) is 0 Å². The molecule has 0 aromatic rings. The Morgan fingerprint density at radius 3 is 1.38 bits per heavy atom. The van der Waals surface area contributed by atoms with Gasteiger partial charge in [0.15, 0.2) is 18.9 Å². The second kappa shape index (κ2) is 38.3. The summed E-state index contributed by atoms with van der Waals surface area (Å²) in [5.74, 6) is -0.303. The Bertz CT molecular complexity index is 1530. The number of nitrogens with one attached hydrogen (secondary N) is 1. The average molecular weight is 1050 g/mol. The van der Waals surface area contributed by atoms with E-state index >= 15 is 0 Å². The predicted molar refractivity (Wildman–Crippen MR) is 272 cm³/mol. The Kier molecular flexibility index (Phi) is 34.1. The Balaban J connectivity index is 1.57. The van der Waals surface area contributed by atoms with Crippen molar-refractivity contribution in [3.05, 3.63) is 48.6 Å². The van der Waals surface area contributed by atoms with Gasteiger partial charge in [-0.2, -0.15) is 0 Å². The zero-order valence-electron chi connectivity index (χ0n) is 43.6. The molecule has 0 aromatic carbocycles. The molecule has 3 saturated heterocycles. The van der Waals surface area contributed by atoms with Crippen LogP contribution in [0.3, 0.4) is 0 Å². The third kappa shape index (κ3) is 23.5. The molecule has 3 aliphatic rings. The minimum absolute atomic E-state index is 0.220. The standard InChI is InChI=1S/C54H95NO18/c1-3-5-7-9-11-13-15-17-19-21-23-25-27-29-31-38(59)37(55-42(60)32-30-28-26-24-22-20-18-16-14-12-10-8-6-4-2)36-68-52-48(66)45(63)50(40(34-57)70-52)73-54-49(67)46(64)51(41(35-58)71-54)72-53-47(65)44(62)43(61)39(33-56)69-53/h13,15-16,18,21,23,29,31,37-41,43-54,56-59,61-67H,3-12,14,17,19-20,22,24-28,30,32-36H2,1-2H3,(H,55,60)/b15-13+,18-16-,23-21+,31-29+. The van der Waals surface area contributed by atoms with Crippen LogP contribution in [-0.4, -0.2) is 193 Å². The van der Waals surface area contributed by atoms with Crippen LogP contribution in [-0.2, 0) is 33.2 Å². The van der Waals surface area contributed by atoms with Gasteiger partial charge in [-0.15, -0.1) is 0 Å². The molecule has 424 valence electrons. The highest BCUT2D eigenvalue weighted by Gasteiger charge is 2.53. The first-order valence-electron chi connectivity index (χ1n) is 27.4. The topological polar surface area (TPSA) is 307 Å². The van der Waals surface area contributed by atoms with Crippen molar-refractivity contribution in [2.75, 3.05) is 26.4 Å². The number of aliphatic hydroxyl groups is 11. The molecular formula is C54H95NO18. The average Bonchev–Trinajstić information content (AvgIpc) is 3.39. The quantitative estimate of drug-likeness (QED) is 0.0312. The van der Waals surface area contributed by atoms with Gasteiger partial charge in [0.1, 0.15) is 73.2 Å². The molecule has 19 heteroatoms. The first kappa shape index (κ1) is 65.0. The number of allylic oxidation sites excluding steroid dienone is 7. The van der Waals surface area contributed by atoms with E-state index in [1.165, 1.54) is 57.8 Å². The van der Waals surface area contributed by atoms with E-state index in [0.717, 1.165) is 64.2 Å². The molecule has 17 atom stereocenters. The van der Waals surface area contributed by atoms with Crippen LogP contribution in [0.5, 0.6) is 0 Å². The lowest BCUT2D eigenvalue weighted by Gasteiger charge is -2.48. The molecule has 0 saturated carbocycles. The van der Waals surface area contributed by atoms with Crippen LogP contribution in [0.25, 0.3) is 0 Å². The Morgan fingerprint density at radius 2 is 0.877 bits per heavy atom. The molecule has 3 aliphatic heterocycles. The van der Waals surface area contributed by atoms with E-state index < -0.39 is 124 Å². The number of unbranched alkanes of at least 4 members (excludes halogenated alkanes) is 16. The van der Waals surface area contributed by atoms with Gasteiger partial charge in [0.05, 0.1) is 38.6 Å². The molecule has 19 nitrogen and oxygen atoms in total. The summed E-state index contributed by atoms with van der Waals surface area (Å²) in [7, 11) is 0. The van der Waals surface area contributed by atoms with Crippen LogP contribution in [0.15, 0.2) is 48.6 Å². The van der Waals surface area contributed by atoms with E-state index in [-0.39, 0.29) is 18.9 Å². The van der Waals surface area contributed by atoms with Gasteiger partial charge < -0.3 is 89.9 Å². The van der Waals surface area contributed by atoms with E-state index in [0.29, 0.717) is 12.8 Å². The summed E-state index contributed by atoms with van der Waals surface area (Å²) in [5.41, 5.74) is 0. The second-order valence-corrected chi connectivity index (χ2v) is 19.7. The molecular weight excluding hydrogens is 951 g/mol. The van der Waals surface area contributed by atoms with Gasteiger partial charge in [-0.25, -0.2) is 0 Å². The van der Waals surface area contributed by atoms with Crippen molar-refractivity contribution >= 4 is 5.91 Å². The molecule has 12 N–H and O–H groups in total. The maximum Gasteiger partial charge on any atom is 0.220 e. The van der Waals surface area contributed by atoms with Gasteiger partial charge in [-0.3, -0.25) is 4.79 Å². The third-order valence-corrected chi connectivity index (χ3v) is 13.6. The van der Waals surface area contributed by atoms with Crippen LogP contribution >= 0.6 is 0 Å². The van der Waals surface area contributed by atoms with Crippen molar-refractivity contribution in [1.29, 1.82) is 0 Å². The van der Waals surface area contributed by atoms with Gasteiger partial charge in [0.2, 0.25) is 5.91 Å². The number of ether oxygens (including phenoxy) is 6. The SMILES string of the molecule is CCCCCC/C=C/CC/C=C/CC/C=C/C(O)C(COC1OC(CO)C(OC2OC(CO)C(OC3OC(CO)C(O)C(O)C3O)C(O)C2O)C(O)C1O)NC(=O)CCCCCCC/C=C\CCCCCCC. The summed E-state index contributed by atoms with van der Waals surface area (Å²) >= 11 is 0. The number of carbonyl (C=O) groups excluding carboxylic acids is 1. The maximum absolute atomic E-state index is 13.2. The minimum atomic E-state index is -1.98. The monoisotopic (exact) mass is 1050 g/mol. The molecule has 0 radical (unpaired) electrons. The van der Waals surface area contributed by atoms with E-state index in [2.05, 4.69) is 55.6 Å². The van der Waals surface area contributed by atoms with Crippen molar-refractivity contribution in [2.45, 2.75) is 259 Å². The minimum Gasteiger partial charge on any atom is -0.394 e. The molecule has 17 unspecified atom stereocenters. The highest BCUT2D eigenvalue weighted by molar-refractivity contribution is 5.76. The van der Waals surface area contributed by atoms with Crippen LogP contribution in [0.4, 0.5) is 0 Å². The summed E-state index contributed by atoms with van der Waals surface area (Å²) in [4.78, 5) is 13.2. The largest absolute Gasteiger partial charge is 0.394 e. The molecule has 0 bridgehead atoms. The summed E-state index contributed by atoms with van der Waals surface area (Å²) in [6, 6.07) is -0.998. The smallest absolute Gasteiger partial charge is 0.220 e. The van der Waals surface area contributed by atoms with Gasteiger partial charge in [-0.05, 0) is 70.6 Å². The van der Waals surface area contributed by atoms with Gasteiger partial charge in [0, 0.05) is 6.42 Å². The fourth-order valence-electron chi connectivity index (χ4n) is 8.98. The van der Waals surface area contributed by atoms with E-state index in [9.17, 15) is 61.0 Å². The summed E-state index contributed by atoms with van der Waals surface area (Å²) in [5, 5.41) is 120. The van der Waals surface area contributed by atoms with Gasteiger partial charge in [0.25, 0.3) is 0 Å². The van der Waals surface area contributed by atoms with Crippen molar-refractivity contribution in [1.82, 2.24) is 5.32 Å². The van der Waals surface area contributed by atoms with Crippen LogP contribution in [0.2, 0.25) is 0 Å². The van der Waals surface area contributed by atoms with Crippen molar-refractivity contribution in [3.8, 4) is 0 Å². The Hall–Kier alpha value is -2.25. The number of hydrogen-bond acceptors (Lipinski definition) is 18. The fourth-order valence-corrected chi connectivity index (χ4v) is 8.98. The summed E-state index contributed by atoms with van der Waals surface area (Å²) < 4.78 is 34.1.